The van der Waals surface area contributed by atoms with Crippen molar-refractivity contribution in [3.63, 3.8) is 0 Å². The van der Waals surface area contributed by atoms with Gasteiger partial charge in [-0.15, -0.1) is 0 Å². The van der Waals surface area contributed by atoms with Crippen LogP contribution in [0.3, 0.4) is 0 Å². The van der Waals surface area contributed by atoms with Crippen molar-refractivity contribution in [3.05, 3.63) is 41.0 Å². The van der Waals surface area contributed by atoms with E-state index >= 15 is 0 Å². The summed E-state index contributed by atoms with van der Waals surface area (Å²) in [6, 6.07) is 5.40. The maximum Gasteiger partial charge on any atom is 0.328 e. The maximum atomic E-state index is 12.6. The standard InChI is InChI=1S/C17H23NO3/c1-4-6-12-18(5-2)17(21)15-9-7-8-14(13(15)3)10-11-16(19)20/h7-11H,4-6,12H2,1-3H3,(H,19,20). The van der Waals surface area contributed by atoms with Crippen LogP contribution < -0.4 is 0 Å². The van der Waals surface area contributed by atoms with Crippen LogP contribution in [-0.4, -0.2) is 35.0 Å². The van der Waals surface area contributed by atoms with E-state index in [-0.39, 0.29) is 5.91 Å². The molecule has 0 bridgehead atoms. The first-order valence-corrected chi connectivity index (χ1v) is 7.31. The van der Waals surface area contributed by atoms with E-state index in [0.29, 0.717) is 12.1 Å². The summed E-state index contributed by atoms with van der Waals surface area (Å²) < 4.78 is 0. The van der Waals surface area contributed by atoms with Crippen LogP contribution in [0.4, 0.5) is 0 Å². The fraction of sp³-hybridized carbons (Fsp3) is 0.412. The summed E-state index contributed by atoms with van der Waals surface area (Å²) in [5, 5.41) is 8.71. The largest absolute Gasteiger partial charge is 0.478 e. The first-order valence-electron chi connectivity index (χ1n) is 7.31. The van der Waals surface area contributed by atoms with Gasteiger partial charge in [0.1, 0.15) is 0 Å². The average molecular weight is 289 g/mol. The first kappa shape index (κ1) is 17.0. The van der Waals surface area contributed by atoms with Crippen molar-refractivity contribution < 1.29 is 14.7 Å². The second-order valence-electron chi connectivity index (χ2n) is 4.93. The summed E-state index contributed by atoms with van der Waals surface area (Å²) in [5.41, 5.74) is 2.21. The van der Waals surface area contributed by atoms with Crippen molar-refractivity contribution in [1.29, 1.82) is 0 Å². The molecule has 1 amide bonds. The SMILES string of the molecule is CCCCN(CC)C(=O)c1cccc(C=CC(=O)O)c1C. The molecule has 114 valence electrons. The lowest BCUT2D eigenvalue weighted by Crippen LogP contribution is -2.32. The average Bonchev–Trinajstić information content (AvgIpc) is 2.46. The number of hydrogen-bond donors (Lipinski definition) is 1. The quantitative estimate of drug-likeness (QED) is 0.783. The van der Waals surface area contributed by atoms with Crippen LogP contribution in [0, 0.1) is 6.92 Å². The summed E-state index contributed by atoms with van der Waals surface area (Å²) in [4.78, 5) is 25.0. The van der Waals surface area contributed by atoms with Crippen molar-refractivity contribution >= 4 is 18.0 Å². The fourth-order valence-corrected chi connectivity index (χ4v) is 2.15. The molecule has 1 rings (SSSR count). The second kappa shape index (κ2) is 8.25. The zero-order valence-electron chi connectivity index (χ0n) is 12.9. The molecule has 0 unspecified atom stereocenters. The van der Waals surface area contributed by atoms with E-state index in [0.717, 1.165) is 36.6 Å². The minimum atomic E-state index is -0.996. The molecule has 1 N–H and O–H groups in total. The van der Waals surface area contributed by atoms with Crippen LogP contribution in [0.5, 0.6) is 0 Å². The Balaban J connectivity index is 3.04. The third kappa shape index (κ3) is 4.74. The Morgan fingerprint density at radius 3 is 2.57 bits per heavy atom. The van der Waals surface area contributed by atoms with Gasteiger partial charge in [0, 0.05) is 24.7 Å². The van der Waals surface area contributed by atoms with Gasteiger partial charge in [-0.25, -0.2) is 4.79 Å². The van der Waals surface area contributed by atoms with E-state index in [4.69, 9.17) is 5.11 Å². The Morgan fingerprint density at radius 1 is 1.29 bits per heavy atom. The van der Waals surface area contributed by atoms with E-state index in [9.17, 15) is 9.59 Å². The summed E-state index contributed by atoms with van der Waals surface area (Å²) in [6.07, 6.45) is 4.64. The van der Waals surface area contributed by atoms with Gasteiger partial charge in [0.05, 0.1) is 0 Å². The van der Waals surface area contributed by atoms with Crippen LogP contribution in [0.15, 0.2) is 24.3 Å². The molecular formula is C17H23NO3. The maximum absolute atomic E-state index is 12.6. The zero-order valence-corrected chi connectivity index (χ0v) is 12.9. The molecule has 0 saturated heterocycles. The van der Waals surface area contributed by atoms with Gasteiger partial charge >= 0.3 is 5.97 Å². The number of rotatable bonds is 7. The van der Waals surface area contributed by atoms with Gasteiger partial charge in [0.25, 0.3) is 5.91 Å². The van der Waals surface area contributed by atoms with Crippen LogP contribution in [0.1, 0.15) is 48.2 Å². The van der Waals surface area contributed by atoms with Crippen LogP contribution in [0.2, 0.25) is 0 Å². The highest BCUT2D eigenvalue weighted by atomic mass is 16.4. The highest BCUT2D eigenvalue weighted by molar-refractivity contribution is 5.97. The smallest absolute Gasteiger partial charge is 0.328 e. The number of benzene rings is 1. The third-order valence-corrected chi connectivity index (χ3v) is 3.46. The molecule has 0 fully saturated rings. The summed E-state index contributed by atoms with van der Waals surface area (Å²) in [6.45, 7) is 7.34. The van der Waals surface area contributed by atoms with Crippen molar-refractivity contribution in [2.24, 2.45) is 0 Å². The number of carbonyl (C=O) groups excluding carboxylic acids is 1. The first-order chi connectivity index (χ1) is 10.0. The highest BCUT2D eigenvalue weighted by Gasteiger charge is 2.16. The third-order valence-electron chi connectivity index (χ3n) is 3.46. The van der Waals surface area contributed by atoms with Crippen molar-refractivity contribution in [2.45, 2.75) is 33.6 Å². The normalized spacial score (nSPS) is 10.8. The molecule has 1 aromatic rings. The molecular weight excluding hydrogens is 266 g/mol. The number of carboxylic acid groups (broad SMARTS) is 1. The van der Waals surface area contributed by atoms with E-state index < -0.39 is 5.97 Å². The lowest BCUT2D eigenvalue weighted by Gasteiger charge is -2.22. The van der Waals surface area contributed by atoms with Gasteiger partial charge in [-0.05, 0) is 43.5 Å². The van der Waals surface area contributed by atoms with E-state index in [2.05, 4.69) is 6.92 Å². The molecule has 0 aliphatic heterocycles. The Morgan fingerprint density at radius 2 is 2.00 bits per heavy atom. The molecule has 0 saturated carbocycles. The molecule has 0 radical (unpaired) electrons. The number of aliphatic carboxylic acids is 1. The number of carbonyl (C=O) groups is 2. The van der Waals surface area contributed by atoms with Crippen LogP contribution in [0.25, 0.3) is 6.08 Å². The van der Waals surface area contributed by atoms with E-state index in [1.54, 1.807) is 12.1 Å². The van der Waals surface area contributed by atoms with Gasteiger partial charge in [0.2, 0.25) is 0 Å². The molecule has 4 heteroatoms. The number of unbranched alkanes of at least 4 members (excludes halogenated alkanes) is 1. The van der Waals surface area contributed by atoms with Crippen LogP contribution >= 0.6 is 0 Å². The minimum absolute atomic E-state index is 0.00836. The highest BCUT2D eigenvalue weighted by Crippen LogP contribution is 2.17. The Bertz CT molecular complexity index is 535. The molecule has 21 heavy (non-hydrogen) atoms. The van der Waals surface area contributed by atoms with Gasteiger partial charge in [-0.2, -0.15) is 0 Å². The Labute approximate surface area is 126 Å². The topological polar surface area (TPSA) is 57.6 Å². The van der Waals surface area contributed by atoms with Gasteiger partial charge in [-0.3, -0.25) is 4.79 Å². The van der Waals surface area contributed by atoms with Crippen molar-refractivity contribution in [2.75, 3.05) is 13.1 Å². The molecule has 0 spiro atoms. The number of carboxylic acids is 1. The summed E-state index contributed by atoms with van der Waals surface area (Å²) in [5.74, 6) is -0.988. The van der Waals surface area contributed by atoms with Crippen LogP contribution in [-0.2, 0) is 4.79 Å². The molecule has 4 nitrogen and oxygen atoms in total. The summed E-state index contributed by atoms with van der Waals surface area (Å²) in [7, 11) is 0. The predicted molar refractivity (Wildman–Crippen MR) is 84.3 cm³/mol. The predicted octanol–water partition coefficient (Wildman–Crippen LogP) is 3.36. The van der Waals surface area contributed by atoms with Crippen molar-refractivity contribution in [1.82, 2.24) is 4.90 Å². The number of nitrogens with zero attached hydrogens (tertiary/aromatic N) is 1. The molecule has 1 aromatic carbocycles. The summed E-state index contributed by atoms with van der Waals surface area (Å²) >= 11 is 0. The van der Waals surface area contributed by atoms with E-state index in [1.165, 1.54) is 6.08 Å². The molecule has 0 atom stereocenters. The monoisotopic (exact) mass is 289 g/mol. The lowest BCUT2D eigenvalue weighted by molar-refractivity contribution is -0.131. The van der Waals surface area contributed by atoms with Gasteiger partial charge < -0.3 is 10.0 Å². The Hall–Kier alpha value is -2.10. The zero-order chi connectivity index (χ0) is 15.8. The number of hydrogen-bond acceptors (Lipinski definition) is 2. The fourth-order valence-electron chi connectivity index (χ4n) is 2.15. The molecule has 0 aromatic heterocycles. The van der Waals surface area contributed by atoms with Gasteiger partial charge in [-0.1, -0.05) is 25.5 Å². The second-order valence-corrected chi connectivity index (χ2v) is 4.93. The molecule has 0 aliphatic rings. The number of amides is 1. The van der Waals surface area contributed by atoms with Gasteiger partial charge in [0.15, 0.2) is 0 Å². The molecule has 0 heterocycles. The van der Waals surface area contributed by atoms with Crippen molar-refractivity contribution in [3.8, 4) is 0 Å². The van der Waals surface area contributed by atoms with E-state index in [1.807, 2.05) is 24.8 Å². The minimum Gasteiger partial charge on any atom is -0.478 e. The lowest BCUT2D eigenvalue weighted by atomic mass is 10.0. The Kier molecular flexibility index (Phi) is 6.66. The molecule has 0 aliphatic carbocycles.